The van der Waals surface area contributed by atoms with E-state index in [0.29, 0.717) is 29.0 Å². The molecule has 0 saturated carbocycles. The van der Waals surface area contributed by atoms with Crippen LogP contribution in [-0.2, 0) is 20.7 Å². The molecule has 0 amide bonds. The molecule has 0 aliphatic heterocycles. The van der Waals surface area contributed by atoms with Crippen LogP contribution in [0.25, 0.3) is 0 Å². The van der Waals surface area contributed by atoms with Crippen LogP contribution in [0.2, 0.25) is 0 Å². The van der Waals surface area contributed by atoms with Crippen molar-refractivity contribution >= 4 is 27.9 Å². The predicted octanol–water partition coefficient (Wildman–Crippen LogP) is 2.70. The lowest BCUT2D eigenvalue weighted by Crippen LogP contribution is -2.13. The zero-order valence-corrected chi connectivity index (χ0v) is 13.1. The third-order valence-corrected chi connectivity index (χ3v) is 2.66. The second kappa shape index (κ2) is 8.58. The highest BCUT2D eigenvalue weighted by atomic mass is 79.9. The lowest BCUT2D eigenvalue weighted by Gasteiger charge is -2.11. The first kappa shape index (κ1) is 16.5. The number of ether oxygens (including phenoxy) is 3. The van der Waals surface area contributed by atoms with E-state index in [1.54, 1.807) is 32.0 Å². The molecule has 6 heteroatoms. The first-order valence-corrected chi connectivity index (χ1v) is 7.38. The summed E-state index contributed by atoms with van der Waals surface area (Å²) in [6.45, 7) is 4.03. The summed E-state index contributed by atoms with van der Waals surface area (Å²) in [5, 5.41) is 0. The molecule has 20 heavy (non-hydrogen) atoms. The molecule has 0 atom stereocenters. The van der Waals surface area contributed by atoms with E-state index in [2.05, 4.69) is 15.9 Å². The van der Waals surface area contributed by atoms with Crippen molar-refractivity contribution in [2.75, 3.05) is 18.7 Å². The van der Waals surface area contributed by atoms with Gasteiger partial charge in [-0.2, -0.15) is 0 Å². The predicted molar refractivity (Wildman–Crippen MR) is 77.2 cm³/mol. The molecule has 0 spiro atoms. The Morgan fingerprint density at radius 1 is 1.15 bits per heavy atom. The number of esters is 2. The number of hydrogen-bond donors (Lipinski definition) is 0. The Kier molecular flexibility index (Phi) is 7.08. The van der Waals surface area contributed by atoms with Crippen molar-refractivity contribution in [1.82, 2.24) is 0 Å². The van der Waals surface area contributed by atoms with E-state index in [4.69, 9.17) is 14.2 Å². The average Bonchev–Trinajstić information content (AvgIpc) is 2.39. The number of rotatable bonds is 7. The van der Waals surface area contributed by atoms with Crippen LogP contribution >= 0.6 is 15.9 Å². The number of carbonyl (C=O) groups is 2. The largest absolute Gasteiger partial charge is 0.482 e. The Labute approximate surface area is 126 Å². The van der Waals surface area contributed by atoms with Crippen LogP contribution in [0.3, 0.4) is 0 Å². The van der Waals surface area contributed by atoms with Gasteiger partial charge in [0.25, 0.3) is 0 Å². The van der Waals surface area contributed by atoms with Crippen molar-refractivity contribution in [3.05, 3.63) is 29.3 Å². The molecule has 0 unspecified atom stereocenters. The van der Waals surface area contributed by atoms with Crippen LogP contribution in [0.4, 0.5) is 0 Å². The van der Waals surface area contributed by atoms with Crippen LogP contribution in [0.15, 0.2) is 18.2 Å². The van der Waals surface area contributed by atoms with E-state index in [0.717, 1.165) is 0 Å². The molecule has 0 saturated heterocycles. The summed E-state index contributed by atoms with van der Waals surface area (Å²) in [5.74, 6) is -0.291. The van der Waals surface area contributed by atoms with Gasteiger partial charge in [0.15, 0.2) is 0 Å². The summed E-state index contributed by atoms with van der Waals surface area (Å²) in [6, 6.07) is 4.89. The van der Waals surface area contributed by atoms with Gasteiger partial charge in [-0.15, -0.1) is 0 Å². The molecule has 110 valence electrons. The van der Waals surface area contributed by atoms with Crippen LogP contribution in [0.5, 0.6) is 5.75 Å². The Bertz CT molecular complexity index is 473. The fourth-order valence-corrected chi connectivity index (χ4v) is 1.91. The fourth-order valence-electron chi connectivity index (χ4n) is 1.64. The molecule has 5 nitrogen and oxygen atoms in total. The van der Waals surface area contributed by atoms with E-state index >= 15 is 0 Å². The molecule has 0 fully saturated rings. The highest BCUT2D eigenvalue weighted by molar-refractivity contribution is 9.09. The molecule has 1 rings (SSSR count). The van der Waals surface area contributed by atoms with Crippen molar-refractivity contribution < 1.29 is 23.8 Å². The second-order valence-electron chi connectivity index (χ2n) is 3.77. The Balaban J connectivity index is 3.02. The molecule has 0 aliphatic rings. The van der Waals surface area contributed by atoms with Crippen molar-refractivity contribution in [3.63, 3.8) is 0 Å². The molecule has 0 aromatic heterocycles. The highest BCUT2D eigenvalue weighted by Gasteiger charge is 2.16. The number of alkyl halides is 1. The topological polar surface area (TPSA) is 61.8 Å². The second-order valence-corrected chi connectivity index (χ2v) is 4.23. The van der Waals surface area contributed by atoms with Crippen LogP contribution in [0, 0.1) is 0 Å². The van der Waals surface area contributed by atoms with Crippen LogP contribution in [-0.4, -0.2) is 30.7 Å². The molecule has 0 aliphatic carbocycles. The smallest absolute Gasteiger partial charge is 0.338 e. The Morgan fingerprint density at radius 2 is 1.85 bits per heavy atom. The van der Waals surface area contributed by atoms with Gasteiger partial charge in [-0.05, 0) is 53.5 Å². The van der Waals surface area contributed by atoms with Gasteiger partial charge in [0.1, 0.15) is 11.3 Å². The highest BCUT2D eigenvalue weighted by Crippen LogP contribution is 2.20. The minimum absolute atomic E-state index is 0.00146. The van der Waals surface area contributed by atoms with Gasteiger partial charge in [-0.3, -0.25) is 4.79 Å². The van der Waals surface area contributed by atoms with E-state index < -0.39 is 11.9 Å². The van der Waals surface area contributed by atoms with Crippen molar-refractivity contribution in [1.29, 1.82) is 0 Å². The van der Waals surface area contributed by atoms with E-state index in [1.807, 2.05) is 0 Å². The summed E-state index contributed by atoms with van der Waals surface area (Å²) < 4.78 is 15.2. The summed E-state index contributed by atoms with van der Waals surface area (Å²) >= 11 is 3.15. The van der Waals surface area contributed by atoms with Gasteiger partial charge in [0.2, 0.25) is 0 Å². The van der Waals surface area contributed by atoms with Crippen molar-refractivity contribution in [2.45, 2.75) is 20.3 Å². The van der Waals surface area contributed by atoms with Crippen molar-refractivity contribution in [3.8, 4) is 5.75 Å². The molecule has 1 aromatic rings. The molecule has 0 N–H and O–H groups in total. The lowest BCUT2D eigenvalue weighted by atomic mass is 10.0. The zero-order valence-electron chi connectivity index (χ0n) is 11.5. The maximum atomic E-state index is 11.8. The summed E-state index contributed by atoms with van der Waals surface area (Å²) in [7, 11) is 0. The number of carbonyl (C=O) groups excluding carboxylic acids is 2. The molecule has 0 bridgehead atoms. The quantitative estimate of drug-likeness (QED) is 0.562. The van der Waals surface area contributed by atoms with Gasteiger partial charge in [0.05, 0.1) is 25.2 Å². The number of benzene rings is 1. The minimum Gasteiger partial charge on any atom is -0.482 e. The zero-order chi connectivity index (χ0) is 15.0. The van der Waals surface area contributed by atoms with Gasteiger partial charge in [-0.1, -0.05) is 0 Å². The third-order valence-electron chi connectivity index (χ3n) is 2.43. The van der Waals surface area contributed by atoms with Gasteiger partial charge >= 0.3 is 11.9 Å². The average molecular weight is 345 g/mol. The maximum Gasteiger partial charge on any atom is 0.338 e. The first-order valence-electron chi connectivity index (χ1n) is 6.26. The molecular weight excluding hydrogens is 328 g/mol. The number of halogens is 1. The lowest BCUT2D eigenvalue weighted by molar-refractivity contribution is -0.142. The normalized spacial score (nSPS) is 9.95. The summed E-state index contributed by atoms with van der Waals surface area (Å²) in [6.07, 6.45) is 0.00146. The summed E-state index contributed by atoms with van der Waals surface area (Å²) in [5.41, 5.74) is 1.20. The maximum absolute atomic E-state index is 11.8. The molecule has 0 heterocycles. The monoisotopic (exact) mass is 344 g/mol. The van der Waals surface area contributed by atoms with Crippen LogP contribution in [0.1, 0.15) is 29.8 Å². The van der Waals surface area contributed by atoms with Gasteiger partial charge < -0.3 is 14.2 Å². The van der Waals surface area contributed by atoms with Gasteiger partial charge in [-0.25, -0.2) is 4.79 Å². The summed E-state index contributed by atoms with van der Waals surface area (Å²) in [4.78, 5) is 23.4. The van der Waals surface area contributed by atoms with Crippen molar-refractivity contribution in [2.24, 2.45) is 0 Å². The van der Waals surface area contributed by atoms with E-state index in [1.165, 1.54) is 0 Å². The van der Waals surface area contributed by atoms with E-state index in [9.17, 15) is 9.59 Å². The molecular formula is C14H17BrO5. The SMILES string of the molecule is CCOC(=O)Cc1cc(OCBr)ccc1C(=O)OCC. The minimum atomic E-state index is -0.461. The third kappa shape index (κ3) is 4.85. The first-order chi connectivity index (χ1) is 9.62. The molecule has 1 aromatic carbocycles. The van der Waals surface area contributed by atoms with Gasteiger partial charge in [0, 0.05) is 0 Å². The van der Waals surface area contributed by atoms with Crippen LogP contribution < -0.4 is 4.74 Å². The standard InChI is InChI=1S/C14H17BrO5/c1-3-18-13(16)8-10-7-11(20-9-15)5-6-12(10)14(17)19-4-2/h5-7H,3-4,8-9H2,1-2H3. The fraction of sp³-hybridized carbons (Fsp3) is 0.429. The van der Waals surface area contributed by atoms with E-state index in [-0.39, 0.29) is 13.0 Å². The Morgan fingerprint density at radius 3 is 2.45 bits per heavy atom. The molecule has 0 radical (unpaired) electrons. The number of hydrogen-bond acceptors (Lipinski definition) is 5. The Hall–Kier alpha value is -1.56.